The highest BCUT2D eigenvalue weighted by atomic mass is 16.2. The fraction of sp³-hybridized carbons (Fsp3) is 0.667. The zero-order chi connectivity index (χ0) is 9.64. The minimum atomic E-state index is -0.128. The van der Waals surface area contributed by atoms with Gasteiger partial charge in [-0.3, -0.25) is 4.79 Å². The van der Waals surface area contributed by atoms with Gasteiger partial charge in [-0.25, -0.2) is 0 Å². The Morgan fingerprint density at radius 1 is 1.62 bits per heavy atom. The number of likely N-dealkylation sites (tertiary alicyclic amines) is 2. The standard InChI is InChI=1S/C9H15N3O/c1-7(10)12-4-3-9(6-12)5-11(2)8(9)13/h1,3-6,10H2,2H3. The fourth-order valence-corrected chi connectivity index (χ4v) is 2.33. The van der Waals surface area contributed by atoms with Gasteiger partial charge in [0.1, 0.15) is 0 Å². The molecule has 1 atom stereocenters. The minimum absolute atomic E-state index is 0.128. The van der Waals surface area contributed by atoms with Gasteiger partial charge in [0.2, 0.25) is 5.91 Å². The van der Waals surface area contributed by atoms with Gasteiger partial charge in [0.15, 0.2) is 0 Å². The number of rotatable bonds is 1. The molecule has 2 aliphatic heterocycles. The highest BCUT2D eigenvalue weighted by Crippen LogP contribution is 2.40. The van der Waals surface area contributed by atoms with E-state index < -0.39 is 0 Å². The molecule has 2 N–H and O–H groups in total. The van der Waals surface area contributed by atoms with Crippen molar-refractivity contribution in [2.75, 3.05) is 26.7 Å². The van der Waals surface area contributed by atoms with E-state index in [0.717, 1.165) is 26.1 Å². The summed E-state index contributed by atoms with van der Waals surface area (Å²) in [7, 11) is 1.84. The Morgan fingerprint density at radius 3 is 2.69 bits per heavy atom. The Balaban J connectivity index is 2.06. The van der Waals surface area contributed by atoms with Crippen LogP contribution in [0.15, 0.2) is 12.4 Å². The molecule has 4 heteroatoms. The first-order valence-electron chi connectivity index (χ1n) is 4.50. The fourth-order valence-electron chi connectivity index (χ4n) is 2.33. The first-order chi connectivity index (χ1) is 6.05. The van der Waals surface area contributed by atoms with Gasteiger partial charge in [0.25, 0.3) is 0 Å². The molecule has 2 aliphatic rings. The van der Waals surface area contributed by atoms with E-state index in [1.807, 2.05) is 11.9 Å². The quantitative estimate of drug-likeness (QED) is 0.559. The van der Waals surface area contributed by atoms with E-state index in [9.17, 15) is 4.79 Å². The van der Waals surface area contributed by atoms with Crippen LogP contribution < -0.4 is 5.73 Å². The van der Waals surface area contributed by atoms with Crippen LogP contribution in [0, 0.1) is 5.41 Å². The Morgan fingerprint density at radius 2 is 2.31 bits per heavy atom. The van der Waals surface area contributed by atoms with Crippen LogP contribution in [0.5, 0.6) is 0 Å². The van der Waals surface area contributed by atoms with E-state index >= 15 is 0 Å². The van der Waals surface area contributed by atoms with E-state index in [-0.39, 0.29) is 11.3 Å². The van der Waals surface area contributed by atoms with Crippen molar-refractivity contribution in [3.05, 3.63) is 12.4 Å². The van der Waals surface area contributed by atoms with Gasteiger partial charge in [-0.15, -0.1) is 0 Å². The molecule has 72 valence electrons. The predicted molar refractivity (Wildman–Crippen MR) is 49.6 cm³/mol. The van der Waals surface area contributed by atoms with Gasteiger partial charge >= 0.3 is 0 Å². The molecule has 2 fully saturated rings. The van der Waals surface area contributed by atoms with Crippen molar-refractivity contribution in [3.63, 3.8) is 0 Å². The number of carbonyl (C=O) groups is 1. The molecule has 1 unspecified atom stereocenters. The molecule has 13 heavy (non-hydrogen) atoms. The maximum atomic E-state index is 11.6. The molecule has 2 heterocycles. The van der Waals surface area contributed by atoms with Gasteiger partial charge in [0.05, 0.1) is 11.2 Å². The van der Waals surface area contributed by atoms with Crippen molar-refractivity contribution in [1.29, 1.82) is 0 Å². The average Bonchev–Trinajstić information content (AvgIpc) is 2.51. The van der Waals surface area contributed by atoms with Crippen molar-refractivity contribution in [2.24, 2.45) is 11.1 Å². The summed E-state index contributed by atoms with van der Waals surface area (Å²) in [6, 6.07) is 0. The van der Waals surface area contributed by atoms with Crippen LogP contribution >= 0.6 is 0 Å². The Bertz CT molecular complexity index is 276. The molecular formula is C9H15N3O. The number of nitrogens with two attached hydrogens (primary N) is 1. The summed E-state index contributed by atoms with van der Waals surface area (Å²) < 4.78 is 0. The number of nitrogens with zero attached hydrogens (tertiary/aromatic N) is 2. The van der Waals surface area contributed by atoms with Crippen LogP contribution in [0.3, 0.4) is 0 Å². The third kappa shape index (κ3) is 1.01. The number of β-lactam (4-membered cyclic amide) rings is 1. The lowest BCUT2D eigenvalue weighted by molar-refractivity contribution is -0.156. The Hall–Kier alpha value is -1.19. The van der Waals surface area contributed by atoms with E-state index in [1.54, 1.807) is 4.90 Å². The maximum Gasteiger partial charge on any atom is 0.232 e. The number of amides is 1. The molecular weight excluding hydrogens is 166 g/mol. The second-order valence-corrected chi connectivity index (χ2v) is 4.10. The topological polar surface area (TPSA) is 49.6 Å². The molecule has 2 rings (SSSR count). The first kappa shape index (κ1) is 8.41. The van der Waals surface area contributed by atoms with Gasteiger partial charge in [-0.1, -0.05) is 6.58 Å². The molecule has 2 saturated heterocycles. The summed E-state index contributed by atoms with van der Waals surface area (Å²) in [6.45, 7) is 6.18. The zero-order valence-corrected chi connectivity index (χ0v) is 7.92. The van der Waals surface area contributed by atoms with Crippen molar-refractivity contribution in [2.45, 2.75) is 6.42 Å². The summed E-state index contributed by atoms with van der Waals surface area (Å²) in [4.78, 5) is 15.3. The molecule has 1 spiro atoms. The maximum absolute atomic E-state index is 11.6. The van der Waals surface area contributed by atoms with E-state index in [2.05, 4.69) is 6.58 Å². The molecule has 0 bridgehead atoms. The van der Waals surface area contributed by atoms with Crippen molar-refractivity contribution >= 4 is 5.91 Å². The van der Waals surface area contributed by atoms with Crippen LogP contribution in [0.2, 0.25) is 0 Å². The smallest absolute Gasteiger partial charge is 0.232 e. The molecule has 0 saturated carbocycles. The van der Waals surface area contributed by atoms with Crippen molar-refractivity contribution in [3.8, 4) is 0 Å². The Kier molecular flexibility index (Phi) is 1.55. The summed E-state index contributed by atoms with van der Waals surface area (Å²) in [5.41, 5.74) is 5.46. The monoisotopic (exact) mass is 181 g/mol. The second kappa shape index (κ2) is 2.40. The van der Waals surface area contributed by atoms with Crippen molar-refractivity contribution < 1.29 is 4.79 Å². The zero-order valence-electron chi connectivity index (χ0n) is 7.92. The van der Waals surface area contributed by atoms with Crippen LogP contribution in [-0.4, -0.2) is 42.4 Å². The SMILES string of the molecule is C=C(N)N1CCC2(CN(C)C2=O)C1. The molecule has 0 aromatic heterocycles. The van der Waals surface area contributed by atoms with Crippen LogP contribution in [0.4, 0.5) is 0 Å². The van der Waals surface area contributed by atoms with Crippen LogP contribution in [-0.2, 0) is 4.79 Å². The lowest BCUT2D eigenvalue weighted by Gasteiger charge is -2.44. The molecule has 1 amide bonds. The first-order valence-corrected chi connectivity index (χ1v) is 4.50. The van der Waals surface area contributed by atoms with Crippen LogP contribution in [0.25, 0.3) is 0 Å². The van der Waals surface area contributed by atoms with Gasteiger partial charge in [-0.05, 0) is 6.42 Å². The lowest BCUT2D eigenvalue weighted by Crippen LogP contribution is -2.60. The highest BCUT2D eigenvalue weighted by molar-refractivity contribution is 5.89. The number of hydrogen-bond donors (Lipinski definition) is 1. The normalized spacial score (nSPS) is 32.5. The molecule has 0 radical (unpaired) electrons. The Labute approximate surface area is 78.0 Å². The van der Waals surface area contributed by atoms with Gasteiger partial charge < -0.3 is 15.5 Å². The summed E-state index contributed by atoms with van der Waals surface area (Å²) in [5, 5.41) is 0. The predicted octanol–water partition coefficient (Wildman–Crippen LogP) is -0.420. The number of carbonyl (C=O) groups excluding carboxylic acids is 1. The van der Waals surface area contributed by atoms with Crippen LogP contribution in [0.1, 0.15) is 6.42 Å². The highest BCUT2D eigenvalue weighted by Gasteiger charge is 2.54. The average molecular weight is 181 g/mol. The summed E-state index contributed by atoms with van der Waals surface area (Å²) >= 11 is 0. The number of hydrogen-bond acceptors (Lipinski definition) is 3. The third-order valence-electron chi connectivity index (χ3n) is 3.10. The largest absolute Gasteiger partial charge is 0.386 e. The van der Waals surface area contributed by atoms with E-state index in [4.69, 9.17) is 5.73 Å². The summed E-state index contributed by atoms with van der Waals surface area (Å²) in [5.74, 6) is 0.843. The van der Waals surface area contributed by atoms with E-state index in [1.165, 1.54) is 0 Å². The third-order valence-corrected chi connectivity index (χ3v) is 3.10. The molecule has 0 aromatic rings. The van der Waals surface area contributed by atoms with E-state index in [0.29, 0.717) is 5.82 Å². The molecule has 0 aromatic carbocycles. The molecule has 0 aliphatic carbocycles. The second-order valence-electron chi connectivity index (χ2n) is 4.10. The van der Waals surface area contributed by atoms with Gasteiger partial charge in [-0.2, -0.15) is 0 Å². The van der Waals surface area contributed by atoms with Gasteiger partial charge in [0, 0.05) is 26.7 Å². The minimum Gasteiger partial charge on any atom is -0.386 e. The van der Waals surface area contributed by atoms with Crippen molar-refractivity contribution in [1.82, 2.24) is 9.80 Å². The lowest BCUT2D eigenvalue weighted by atomic mass is 9.78. The molecule has 4 nitrogen and oxygen atoms in total. The summed E-state index contributed by atoms with van der Waals surface area (Å²) in [6.07, 6.45) is 0.923.